The van der Waals surface area contributed by atoms with Gasteiger partial charge in [0.05, 0.1) is 70.8 Å². The Morgan fingerprint density at radius 1 is 0.828 bits per heavy atom. The molecule has 0 saturated heterocycles. The van der Waals surface area contributed by atoms with E-state index in [-0.39, 0.29) is 18.1 Å². The van der Waals surface area contributed by atoms with Crippen LogP contribution in [0.25, 0.3) is 0 Å². The van der Waals surface area contributed by atoms with Crippen LogP contribution in [-0.4, -0.2) is 77.0 Å². The summed E-state index contributed by atoms with van der Waals surface area (Å²) in [5, 5.41) is 10.6. The summed E-state index contributed by atoms with van der Waals surface area (Å²) < 4.78 is 31.5. The van der Waals surface area contributed by atoms with Gasteiger partial charge < -0.3 is 28.4 Å². The molecule has 0 unspecified atom stereocenters. The molecule has 0 aliphatic rings. The highest BCUT2D eigenvalue weighted by molar-refractivity contribution is 5.69. The first-order valence-corrected chi connectivity index (χ1v) is 9.47. The molecule has 0 heterocycles. The maximum absolute atomic E-state index is 11.1. The molecular weight excluding hydrogens is 386 g/mol. The monoisotopic (exact) mass is 415 g/mol. The molecule has 0 N–H and O–H groups in total. The van der Waals surface area contributed by atoms with E-state index in [1.807, 2.05) is 0 Å². The predicted molar refractivity (Wildman–Crippen MR) is 103 cm³/mol. The normalized spacial score (nSPS) is 10.7. The summed E-state index contributed by atoms with van der Waals surface area (Å²) in [4.78, 5) is 21.2. The van der Waals surface area contributed by atoms with Crippen molar-refractivity contribution in [3.63, 3.8) is 0 Å². The number of ether oxygens (including phenoxy) is 6. The van der Waals surface area contributed by atoms with Gasteiger partial charge in [-0.25, -0.2) is 0 Å². The van der Waals surface area contributed by atoms with E-state index >= 15 is 0 Å². The van der Waals surface area contributed by atoms with Gasteiger partial charge >= 0.3 is 5.97 Å². The van der Waals surface area contributed by atoms with E-state index in [9.17, 15) is 14.9 Å². The van der Waals surface area contributed by atoms with Crippen molar-refractivity contribution in [2.75, 3.05) is 66.1 Å². The van der Waals surface area contributed by atoms with E-state index in [0.717, 1.165) is 0 Å². The zero-order valence-corrected chi connectivity index (χ0v) is 16.7. The molecule has 1 rings (SSSR count). The Hall–Kier alpha value is -2.27. The molecule has 1 aromatic rings. The molecule has 29 heavy (non-hydrogen) atoms. The Balaban J connectivity index is 1.81. The van der Waals surface area contributed by atoms with E-state index in [1.165, 1.54) is 12.1 Å². The van der Waals surface area contributed by atoms with Crippen LogP contribution in [0.5, 0.6) is 5.75 Å². The molecule has 0 saturated carbocycles. The Labute approximate surface area is 170 Å². The summed E-state index contributed by atoms with van der Waals surface area (Å²) in [6.45, 7) is 5.82. The van der Waals surface area contributed by atoms with Crippen LogP contribution in [0.3, 0.4) is 0 Å². The minimum atomic E-state index is -0.458. The summed E-state index contributed by atoms with van der Waals surface area (Å²) in [6, 6.07) is 5.88. The van der Waals surface area contributed by atoms with Crippen molar-refractivity contribution in [3.05, 3.63) is 34.4 Å². The van der Waals surface area contributed by atoms with Gasteiger partial charge in [-0.15, -0.1) is 0 Å². The summed E-state index contributed by atoms with van der Waals surface area (Å²) in [7, 11) is 0. The van der Waals surface area contributed by atoms with E-state index in [0.29, 0.717) is 71.8 Å². The number of hydrogen-bond donors (Lipinski definition) is 0. The topological polar surface area (TPSA) is 116 Å². The summed E-state index contributed by atoms with van der Waals surface area (Å²) in [5.74, 6) is 0.291. The van der Waals surface area contributed by atoms with Gasteiger partial charge in [-0.05, 0) is 19.1 Å². The SMILES string of the molecule is CCOC(=O)CCOCCOCCOCCOCCOc1ccc([N+](=O)[O-])cc1. The lowest BCUT2D eigenvalue weighted by Gasteiger charge is -2.08. The Bertz CT molecular complexity index is 565. The van der Waals surface area contributed by atoms with Crippen LogP contribution in [0.4, 0.5) is 5.69 Å². The van der Waals surface area contributed by atoms with Crippen LogP contribution in [0.15, 0.2) is 24.3 Å². The first-order chi connectivity index (χ1) is 14.1. The highest BCUT2D eigenvalue weighted by atomic mass is 16.6. The van der Waals surface area contributed by atoms with Gasteiger partial charge in [0.2, 0.25) is 0 Å². The van der Waals surface area contributed by atoms with Crippen molar-refractivity contribution in [3.8, 4) is 5.75 Å². The summed E-state index contributed by atoms with van der Waals surface area (Å²) in [6.07, 6.45) is 0.246. The van der Waals surface area contributed by atoms with Gasteiger partial charge in [0.25, 0.3) is 5.69 Å². The van der Waals surface area contributed by atoms with Crippen LogP contribution >= 0.6 is 0 Å². The highest BCUT2D eigenvalue weighted by Crippen LogP contribution is 2.16. The lowest BCUT2D eigenvalue weighted by atomic mass is 10.3. The molecule has 0 aliphatic heterocycles. The molecule has 0 amide bonds. The molecule has 0 radical (unpaired) electrons. The van der Waals surface area contributed by atoms with Gasteiger partial charge in [-0.2, -0.15) is 0 Å². The molecule has 0 fully saturated rings. The molecule has 10 heteroatoms. The zero-order valence-electron chi connectivity index (χ0n) is 16.7. The zero-order chi connectivity index (χ0) is 21.2. The first-order valence-electron chi connectivity index (χ1n) is 9.47. The smallest absolute Gasteiger partial charge is 0.308 e. The van der Waals surface area contributed by atoms with Gasteiger partial charge in [0.15, 0.2) is 0 Å². The second kappa shape index (κ2) is 16.7. The van der Waals surface area contributed by atoms with Crippen LogP contribution in [-0.2, 0) is 28.5 Å². The fourth-order valence-electron chi connectivity index (χ4n) is 2.03. The summed E-state index contributed by atoms with van der Waals surface area (Å²) >= 11 is 0. The minimum Gasteiger partial charge on any atom is -0.491 e. The number of carbonyl (C=O) groups is 1. The number of esters is 1. The van der Waals surface area contributed by atoms with E-state index in [1.54, 1.807) is 19.1 Å². The van der Waals surface area contributed by atoms with Crippen molar-refractivity contribution in [1.29, 1.82) is 0 Å². The Morgan fingerprint density at radius 3 is 1.79 bits per heavy atom. The number of benzene rings is 1. The number of nitrogens with zero attached hydrogens (tertiary/aromatic N) is 1. The maximum atomic E-state index is 11.1. The van der Waals surface area contributed by atoms with Crippen molar-refractivity contribution in [1.82, 2.24) is 0 Å². The Kier molecular flexibility index (Phi) is 14.2. The molecular formula is C19H29NO9. The number of non-ortho nitro benzene ring substituents is 1. The van der Waals surface area contributed by atoms with Gasteiger partial charge in [-0.1, -0.05) is 0 Å². The van der Waals surface area contributed by atoms with E-state index < -0.39 is 4.92 Å². The third kappa shape index (κ3) is 13.5. The van der Waals surface area contributed by atoms with Crippen molar-refractivity contribution in [2.45, 2.75) is 13.3 Å². The van der Waals surface area contributed by atoms with E-state index in [2.05, 4.69) is 0 Å². The number of rotatable bonds is 18. The third-order valence-corrected chi connectivity index (χ3v) is 3.42. The predicted octanol–water partition coefficient (Wildman–Crippen LogP) is 1.99. The number of nitro groups is 1. The average Bonchev–Trinajstić information content (AvgIpc) is 2.71. The fraction of sp³-hybridized carbons (Fsp3) is 0.632. The number of carbonyl (C=O) groups excluding carboxylic acids is 1. The van der Waals surface area contributed by atoms with E-state index in [4.69, 9.17) is 28.4 Å². The van der Waals surface area contributed by atoms with Crippen molar-refractivity contribution >= 4 is 11.7 Å². The molecule has 1 aromatic carbocycles. The molecule has 10 nitrogen and oxygen atoms in total. The van der Waals surface area contributed by atoms with Crippen molar-refractivity contribution in [2.24, 2.45) is 0 Å². The van der Waals surface area contributed by atoms with Gasteiger partial charge in [0, 0.05) is 12.1 Å². The van der Waals surface area contributed by atoms with Crippen LogP contribution < -0.4 is 4.74 Å². The third-order valence-electron chi connectivity index (χ3n) is 3.42. The lowest BCUT2D eigenvalue weighted by molar-refractivity contribution is -0.384. The number of nitro benzene ring substituents is 1. The minimum absolute atomic E-state index is 0.0243. The average molecular weight is 415 g/mol. The van der Waals surface area contributed by atoms with Crippen LogP contribution in [0, 0.1) is 10.1 Å². The molecule has 0 aliphatic carbocycles. The van der Waals surface area contributed by atoms with Crippen LogP contribution in [0.2, 0.25) is 0 Å². The van der Waals surface area contributed by atoms with Crippen molar-refractivity contribution < 1.29 is 38.1 Å². The second-order valence-electron chi connectivity index (χ2n) is 5.60. The maximum Gasteiger partial charge on any atom is 0.308 e. The molecule has 0 aromatic heterocycles. The highest BCUT2D eigenvalue weighted by Gasteiger charge is 2.04. The quantitative estimate of drug-likeness (QED) is 0.154. The molecule has 0 atom stereocenters. The molecule has 0 bridgehead atoms. The molecule has 164 valence electrons. The second-order valence-corrected chi connectivity index (χ2v) is 5.60. The lowest BCUT2D eigenvalue weighted by Crippen LogP contribution is -2.14. The summed E-state index contributed by atoms with van der Waals surface area (Å²) in [5.41, 5.74) is 0.0243. The first kappa shape index (κ1) is 24.8. The standard InChI is InChI=1S/C19H29NO9/c1-2-28-19(21)7-8-24-9-10-25-11-12-26-13-14-27-15-16-29-18-5-3-17(4-6-18)20(22)23/h3-6H,2,7-16H2,1H3. The number of hydrogen-bond acceptors (Lipinski definition) is 9. The van der Waals surface area contributed by atoms with Gasteiger partial charge in [0.1, 0.15) is 12.4 Å². The Morgan fingerprint density at radius 2 is 1.31 bits per heavy atom. The largest absolute Gasteiger partial charge is 0.491 e. The fourth-order valence-corrected chi connectivity index (χ4v) is 2.03. The van der Waals surface area contributed by atoms with Crippen LogP contribution in [0.1, 0.15) is 13.3 Å². The molecule has 0 spiro atoms. The van der Waals surface area contributed by atoms with Gasteiger partial charge in [-0.3, -0.25) is 14.9 Å².